The monoisotopic (exact) mass is 199 g/mol. The lowest BCUT2D eigenvalue weighted by Crippen LogP contribution is -2.31. The predicted octanol–water partition coefficient (Wildman–Crippen LogP) is 1.72. The number of carbonyl (C=O) groups is 1. The fourth-order valence-electron chi connectivity index (χ4n) is 1.63. The molecule has 82 valence electrons. The van der Waals surface area contributed by atoms with Crippen molar-refractivity contribution in [3.63, 3.8) is 0 Å². The molecule has 1 rings (SSSR count). The summed E-state index contributed by atoms with van der Waals surface area (Å²) in [4.78, 5) is 11.3. The largest absolute Gasteiger partial charge is 0.381 e. The summed E-state index contributed by atoms with van der Waals surface area (Å²) in [5, 5.41) is 2.99. The molecule has 0 aromatic carbocycles. The quantitative estimate of drug-likeness (QED) is 0.732. The fraction of sp³-hybridized carbons (Fsp3) is 0.909. The minimum atomic E-state index is 0.207. The van der Waals surface area contributed by atoms with Gasteiger partial charge in [0.05, 0.1) is 0 Å². The summed E-state index contributed by atoms with van der Waals surface area (Å²) in [7, 11) is 0. The van der Waals surface area contributed by atoms with Crippen molar-refractivity contribution in [2.75, 3.05) is 19.8 Å². The molecule has 0 atom stereocenters. The average Bonchev–Trinajstić information content (AvgIpc) is 2.25. The van der Waals surface area contributed by atoms with Gasteiger partial charge in [0.15, 0.2) is 0 Å². The van der Waals surface area contributed by atoms with Crippen molar-refractivity contribution in [1.82, 2.24) is 5.32 Å². The minimum absolute atomic E-state index is 0.207. The second-order valence-corrected chi connectivity index (χ2v) is 3.96. The fourth-order valence-corrected chi connectivity index (χ4v) is 1.63. The minimum Gasteiger partial charge on any atom is -0.381 e. The highest BCUT2D eigenvalue weighted by Crippen LogP contribution is 2.13. The van der Waals surface area contributed by atoms with Gasteiger partial charge in [0.2, 0.25) is 5.91 Å². The molecule has 1 fully saturated rings. The van der Waals surface area contributed by atoms with Gasteiger partial charge in [-0.25, -0.2) is 0 Å². The Hall–Kier alpha value is -0.570. The Morgan fingerprint density at radius 3 is 2.79 bits per heavy atom. The Balaban J connectivity index is 2.03. The van der Waals surface area contributed by atoms with E-state index in [0.717, 1.165) is 45.4 Å². The van der Waals surface area contributed by atoms with Gasteiger partial charge in [-0.1, -0.05) is 13.3 Å². The van der Waals surface area contributed by atoms with Crippen molar-refractivity contribution in [3.8, 4) is 0 Å². The molecule has 1 aliphatic rings. The number of rotatable bonds is 5. The van der Waals surface area contributed by atoms with E-state index in [1.54, 1.807) is 0 Å². The molecule has 1 amide bonds. The van der Waals surface area contributed by atoms with Crippen LogP contribution >= 0.6 is 0 Å². The first-order valence-electron chi connectivity index (χ1n) is 5.67. The molecular formula is C11H21NO2. The van der Waals surface area contributed by atoms with Gasteiger partial charge in [-0.15, -0.1) is 0 Å². The molecule has 0 bridgehead atoms. The molecule has 0 unspecified atom stereocenters. The van der Waals surface area contributed by atoms with Gasteiger partial charge in [-0.3, -0.25) is 4.79 Å². The number of nitrogens with one attached hydrogen (secondary N) is 1. The molecule has 3 nitrogen and oxygen atoms in total. The Labute approximate surface area is 86.2 Å². The summed E-state index contributed by atoms with van der Waals surface area (Å²) < 4.78 is 5.26. The van der Waals surface area contributed by atoms with Crippen molar-refractivity contribution in [2.24, 2.45) is 5.92 Å². The highest BCUT2D eigenvalue weighted by atomic mass is 16.5. The molecule has 0 aromatic rings. The highest BCUT2D eigenvalue weighted by molar-refractivity contribution is 5.75. The first-order chi connectivity index (χ1) is 6.83. The molecule has 0 radical (unpaired) electrons. The lowest BCUT2D eigenvalue weighted by atomic mass is 10.0. The summed E-state index contributed by atoms with van der Waals surface area (Å²) in [5.74, 6) is 0.840. The first kappa shape index (κ1) is 11.5. The molecule has 0 saturated carbocycles. The summed E-state index contributed by atoms with van der Waals surface area (Å²) in [6.45, 7) is 4.66. The third-order valence-electron chi connectivity index (χ3n) is 2.69. The van der Waals surface area contributed by atoms with Gasteiger partial charge in [0.1, 0.15) is 0 Å². The van der Waals surface area contributed by atoms with Crippen LogP contribution in [0.2, 0.25) is 0 Å². The van der Waals surface area contributed by atoms with Crippen LogP contribution in [0.1, 0.15) is 39.0 Å². The molecule has 0 aliphatic carbocycles. The van der Waals surface area contributed by atoms with E-state index in [2.05, 4.69) is 12.2 Å². The van der Waals surface area contributed by atoms with Gasteiger partial charge in [0.25, 0.3) is 0 Å². The van der Waals surface area contributed by atoms with Crippen LogP contribution in [0.4, 0.5) is 0 Å². The van der Waals surface area contributed by atoms with Crippen molar-refractivity contribution in [2.45, 2.75) is 39.0 Å². The molecule has 3 heteroatoms. The van der Waals surface area contributed by atoms with E-state index in [1.165, 1.54) is 0 Å². The predicted molar refractivity (Wildman–Crippen MR) is 56.1 cm³/mol. The Morgan fingerprint density at radius 1 is 1.43 bits per heavy atom. The molecule has 1 N–H and O–H groups in total. The van der Waals surface area contributed by atoms with Crippen molar-refractivity contribution < 1.29 is 9.53 Å². The molecule has 14 heavy (non-hydrogen) atoms. The van der Waals surface area contributed by atoms with Crippen LogP contribution in [0.25, 0.3) is 0 Å². The second kappa shape index (κ2) is 6.82. The van der Waals surface area contributed by atoms with E-state index in [1.807, 2.05) is 0 Å². The van der Waals surface area contributed by atoms with Crippen LogP contribution in [-0.2, 0) is 9.53 Å². The summed E-state index contributed by atoms with van der Waals surface area (Å²) >= 11 is 0. The van der Waals surface area contributed by atoms with Crippen molar-refractivity contribution in [1.29, 1.82) is 0 Å². The zero-order valence-electron chi connectivity index (χ0n) is 9.05. The summed E-state index contributed by atoms with van der Waals surface area (Å²) in [6.07, 6.45) is 4.95. The number of amides is 1. The Morgan fingerprint density at radius 2 is 2.14 bits per heavy atom. The summed E-state index contributed by atoms with van der Waals surface area (Å²) in [5.41, 5.74) is 0. The van der Waals surface area contributed by atoms with E-state index in [0.29, 0.717) is 12.3 Å². The number of ether oxygens (including phenoxy) is 1. The smallest absolute Gasteiger partial charge is 0.220 e. The van der Waals surface area contributed by atoms with E-state index >= 15 is 0 Å². The summed E-state index contributed by atoms with van der Waals surface area (Å²) in [6, 6.07) is 0. The molecule has 0 aromatic heterocycles. The maximum atomic E-state index is 11.3. The first-order valence-corrected chi connectivity index (χ1v) is 5.67. The molecule has 1 saturated heterocycles. The zero-order chi connectivity index (χ0) is 10.2. The molecule has 0 spiro atoms. The number of unbranched alkanes of at least 4 members (excludes halogenated alkanes) is 1. The molecule has 1 heterocycles. The van der Waals surface area contributed by atoms with Gasteiger partial charge in [0, 0.05) is 26.2 Å². The topological polar surface area (TPSA) is 38.3 Å². The molecule has 1 aliphatic heterocycles. The average molecular weight is 199 g/mol. The van der Waals surface area contributed by atoms with Crippen molar-refractivity contribution >= 4 is 5.91 Å². The van der Waals surface area contributed by atoms with Gasteiger partial charge in [-0.2, -0.15) is 0 Å². The number of hydrogen-bond acceptors (Lipinski definition) is 2. The third kappa shape index (κ3) is 4.61. The lowest BCUT2D eigenvalue weighted by molar-refractivity contribution is -0.121. The van der Waals surface area contributed by atoms with Crippen LogP contribution in [0.3, 0.4) is 0 Å². The standard InChI is InChI=1S/C11H21NO2/c1-2-3-4-11(13)12-9-10-5-7-14-8-6-10/h10H,2-9H2,1H3,(H,12,13). The number of carbonyl (C=O) groups excluding carboxylic acids is 1. The van der Waals surface area contributed by atoms with Gasteiger partial charge < -0.3 is 10.1 Å². The van der Waals surface area contributed by atoms with Crippen molar-refractivity contribution in [3.05, 3.63) is 0 Å². The molecular weight excluding hydrogens is 178 g/mol. The Bertz CT molecular complexity index is 165. The van der Waals surface area contributed by atoms with Crippen LogP contribution in [-0.4, -0.2) is 25.7 Å². The Kier molecular flexibility index (Phi) is 5.60. The third-order valence-corrected chi connectivity index (χ3v) is 2.69. The van der Waals surface area contributed by atoms with Crippen LogP contribution in [0.5, 0.6) is 0 Å². The zero-order valence-corrected chi connectivity index (χ0v) is 9.05. The highest BCUT2D eigenvalue weighted by Gasteiger charge is 2.14. The van der Waals surface area contributed by atoms with Crippen LogP contribution < -0.4 is 5.32 Å². The lowest BCUT2D eigenvalue weighted by Gasteiger charge is -2.22. The maximum Gasteiger partial charge on any atom is 0.220 e. The van der Waals surface area contributed by atoms with Crippen LogP contribution in [0.15, 0.2) is 0 Å². The van der Waals surface area contributed by atoms with E-state index in [4.69, 9.17) is 4.74 Å². The second-order valence-electron chi connectivity index (χ2n) is 3.96. The number of hydrogen-bond donors (Lipinski definition) is 1. The normalized spacial score (nSPS) is 18.1. The van der Waals surface area contributed by atoms with Gasteiger partial charge >= 0.3 is 0 Å². The van der Waals surface area contributed by atoms with E-state index in [9.17, 15) is 4.79 Å². The van der Waals surface area contributed by atoms with Crippen LogP contribution in [0, 0.1) is 5.92 Å². The van der Waals surface area contributed by atoms with Gasteiger partial charge in [-0.05, 0) is 25.2 Å². The SMILES string of the molecule is CCCCC(=O)NCC1CCOCC1. The van der Waals surface area contributed by atoms with E-state index < -0.39 is 0 Å². The van der Waals surface area contributed by atoms with E-state index in [-0.39, 0.29) is 5.91 Å². The maximum absolute atomic E-state index is 11.3.